The van der Waals surface area contributed by atoms with E-state index in [1.165, 1.54) is 29.8 Å². The predicted molar refractivity (Wildman–Crippen MR) is 77.4 cm³/mol. The van der Waals surface area contributed by atoms with E-state index in [0.29, 0.717) is 0 Å². The Morgan fingerprint density at radius 2 is 1.94 bits per heavy atom. The number of benzene rings is 2. The highest BCUT2D eigenvalue weighted by atomic mass is 15.1. The van der Waals surface area contributed by atoms with Gasteiger partial charge in [-0.3, -0.25) is 0 Å². The number of rotatable bonds is 1. The Bertz CT molecular complexity index is 575. The lowest BCUT2D eigenvalue weighted by atomic mass is 10.0. The van der Waals surface area contributed by atoms with Gasteiger partial charge in [-0.05, 0) is 49.1 Å². The number of hydrogen-bond acceptors (Lipinski definition) is 2. The van der Waals surface area contributed by atoms with Crippen molar-refractivity contribution in [3.8, 4) is 0 Å². The van der Waals surface area contributed by atoms with Crippen molar-refractivity contribution in [3.05, 3.63) is 53.6 Å². The van der Waals surface area contributed by atoms with E-state index < -0.39 is 0 Å². The van der Waals surface area contributed by atoms with Gasteiger partial charge in [0.15, 0.2) is 0 Å². The summed E-state index contributed by atoms with van der Waals surface area (Å²) in [5.41, 5.74) is 12.0. The van der Waals surface area contributed by atoms with Crippen LogP contribution < -0.4 is 10.6 Å². The maximum atomic E-state index is 6.02. The van der Waals surface area contributed by atoms with E-state index in [4.69, 9.17) is 5.73 Å². The zero-order valence-corrected chi connectivity index (χ0v) is 10.7. The van der Waals surface area contributed by atoms with E-state index in [1.807, 2.05) is 6.92 Å². The highest BCUT2D eigenvalue weighted by molar-refractivity contribution is 5.71. The molecule has 0 spiro atoms. The van der Waals surface area contributed by atoms with E-state index in [0.717, 1.165) is 17.8 Å². The summed E-state index contributed by atoms with van der Waals surface area (Å²) in [5, 5.41) is 0. The van der Waals surface area contributed by atoms with Crippen LogP contribution in [0.3, 0.4) is 0 Å². The van der Waals surface area contributed by atoms with Crippen LogP contribution in [0.5, 0.6) is 0 Å². The van der Waals surface area contributed by atoms with E-state index in [-0.39, 0.29) is 0 Å². The molecule has 0 unspecified atom stereocenters. The molecule has 0 saturated carbocycles. The van der Waals surface area contributed by atoms with Gasteiger partial charge in [-0.1, -0.05) is 24.3 Å². The molecule has 1 aliphatic rings. The van der Waals surface area contributed by atoms with Crippen LogP contribution in [0.2, 0.25) is 0 Å². The summed E-state index contributed by atoms with van der Waals surface area (Å²) in [6, 6.07) is 15.0. The van der Waals surface area contributed by atoms with Crippen LogP contribution in [0.15, 0.2) is 42.5 Å². The van der Waals surface area contributed by atoms with E-state index in [9.17, 15) is 0 Å². The Labute approximate surface area is 108 Å². The first-order chi connectivity index (χ1) is 8.75. The third-order valence-corrected chi connectivity index (χ3v) is 3.68. The molecule has 1 aliphatic heterocycles. The summed E-state index contributed by atoms with van der Waals surface area (Å²) in [7, 11) is 0. The van der Waals surface area contributed by atoms with Crippen LogP contribution in [0.1, 0.15) is 17.5 Å². The number of nitrogen functional groups attached to an aromatic ring is 1. The highest BCUT2D eigenvalue weighted by Crippen LogP contribution is 2.34. The lowest BCUT2D eigenvalue weighted by Crippen LogP contribution is -2.24. The molecule has 0 radical (unpaired) electrons. The molecule has 2 N–H and O–H groups in total. The Balaban J connectivity index is 2.05. The fourth-order valence-electron chi connectivity index (χ4n) is 2.60. The first kappa shape index (κ1) is 11.1. The molecule has 0 amide bonds. The van der Waals surface area contributed by atoms with Crippen molar-refractivity contribution in [1.29, 1.82) is 0 Å². The molecule has 0 bridgehead atoms. The zero-order chi connectivity index (χ0) is 12.5. The maximum Gasteiger partial charge on any atom is 0.0443 e. The predicted octanol–water partition coefficient (Wildman–Crippen LogP) is 3.66. The smallest absolute Gasteiger partial charge is 0.0443 e. The van der Waals surface area contributed by atoms with Gasteiger partial charge in [-0.2, -0.15) is 0 Å². The van der Waals surface area contributed by atoms with Crippen molar-refractivity contribution in [3.63, 3.8) is 0 Å². The second-order valence-corrected chi connectivity index (χ2v) is 4.92. The van der Waals surface area contributed by atoms with Gasteiger partial charge >= 0.3 is 0 Å². The summed E-state index contributed by atoms with van der Waals surface area (Å²) < 4.78 is 0. The second-order valence-electron chi connectivity index (χ2n) is 4.92. The van der Waals surface area contributed by atoms with Crippen LogP contribution in [-0.4, -0.2) is 6.54 Å². The molecule has 0 aromatic heterocycles. The Kier molecular flexibility index (Phi) is 2.71. The zero-order valence-electron chi connectivity index (χ0n) is 10.7. The van der Waals surface area contributed by atoms with Crippen molar-refractivity contribution in [2.24, 2.45) is 0 Å². The molecule has 2 aromatic rings. The van der Waals surface area contributed by atoms with E-state index >= 15 is 0 Å². The summed E-state index contributed by atoms with van der Waals surface area (Å²) >= 11 is 0. The van der Waals surface area contributed by atoms with Gasteiger partial charge < -0.3 is 10.6 Å². The minimum atomic E-state index is 0.871. The summed E-state index contributed by atoms with van der Waals surface area (Å²) in [4.78, 5) is 2.37. The van der Waals surface area contributed by atoms with Crippen LogP contribution in [-0.2, 0) is 6.42 Å². The monoisotopic (exact) mass is 238 g/mol. The third-order valence-electron chi connectivity index (χ3n) is 3.68. The average Bonchev–Trinajstić information content (AvgIpc) is 2.41. The lowest BCUT2D eigenvalue weighted by molar-refractivity contribution is 0.767. The molecule has 2 aromatic carbocycles. The molecule has 2 heteroatoms. The first-order valence-corrected chi connectivity index (χ1v) is 6.47. The Morgan fingerprint density at radius 1 is 1.11 bits per heavy atom. The van der Waals surface area contributed by atoms with E-state index in [2.05, 4.69) is 47.4 Å². The quantitative estimate of drug-likeness (QED) is 0.768. The average molecular weight is 238 g/mol. The minimum Gasteiger partial charge on any atom is -0.398 e. The van der Waals surface area contributed by atoms with Gasteiger partial charge in [0, 0.05) is 23.6 Å². The Morgan fingerprint density at radius 3 is 2.78 bits per heavy atom. The van der Waals surface area contributed by atoms with Crippen LogP contribution in [0.25, 0.3) is 0 Å². The van der Waals surface area contributed by atoms with Crippen LogP contribution in [0, 0.1) is 6.92 Å². The summed E-state index contributed by atoms with van der Waals surface area (Å²) in [6.45, 7) is 3.11. The normalized spacial score (nSPS) is 14.4. The topological polar surface area (TPSA) is 29.3 Å². The standard InChI is InChI=1S/C16H18N2/c1-12-8-9-14(11-15(12)17)18-10-4-6-13-5-2-3-7-16(13)18/h2-3,5,7-9,11H,4,6,10,17H2,1H3. The van der Waals surface area contributed by atoms with Crippen molar-refractivity contribution >= 4 is 17.1 Å². The summed E-state index contributed by atoms with van der Waals surface area (Å²) in [5.74, 6) is 0. The maximum absolute atomic E-state index is 6.02. The van der Waals surface area contributed by atoms with Gasteiger partial charge in [-0.15, -0.1) is 0 Å². The number of anilines is 3. The van der Waals surface area contributed by atoms with Gasteiger partial charge in [0.05, 0.1) is 0 Å². The van der Waals surface area contributed by atoms with Crippen LogP contribution in [0.4, 0.5) is 17.1 Å². The second kappa shape index (κ2) is 4.37. The molecule has 0 aliphatic carbocycles. The first-order valence-electron chi connectivity index (χ1n) is 6.47. The molecular formula is C16H18N2. The van der Waals surface area contributed by atoms with Gasteiger partial charge in [-0.25, -0.2) is 0 Å². The largest absolute Gasteiger partial charge is 0.398 e. The molecule has 18 heavy (non-hydrogen) atoms. The number of para-hydroxylation sites is 1. The molecule has 0 atom stereocenters. The van der Waals surface area contributed by atoms with Gasteiger partial charge in [0.25, 0.3) is 0 Å². The fourth-order valence-corrected chi connectivity index (χ4v) is 2.60. The summed E-state index contributed by atoms with van der Waals surface area (Å²) in [6.07, 6.45) is 2.37. The fraction of sp³-hybridized carbons (Fsp3) is 0.250. The van der Waals surface area contributed by atoms with Crippen LogP contribution >= 0.6 is 0 Å². The van der Waals surface area contributed by atoms with Gasteiger partial charge in [0.1, 0.15) is 0 Å². The number of nitrogens with two attached hydrogens (primary N) is 1. The molecule has 1 heterocycles. The molecule has 3 rings (SSSR count). The highest BCUT2D eigenvalue weighted by Gasteiger charge is 2.17. The van der Waals surface area contributed by atoms with Crippen molar-refractivity contribution in [2.45, 2.75) is 19.8 Å². The van der Waals surface area contributed by atoms with Crippen molar-refractivity contribution in [2.75, 3.05) is 17.2 Å². The number of nitrogens with zero attached hydrogens (tertiary/aromatic N) is 1. The van der Waals surface area contributed by atoms with Crippen molar-refractivity contribution < 1.29 is 0 Å². The minimum absolute atomic E-state index is 0.871. The molecular weight excluding hydrogens is 220 g/mol. The lowest BCUT2D eigenvalue weighted by Gasteiger charge is -2.31. The molecule has 0 saturated heterocycles. The van der Waals surface area contributed by atoms with Crippen molar-refractivity contribution in [1.82, 2.24) is 0 Å². The number of hydrogen-bond donors (Lipinski definition) is 1. The Hall–Kier alpha value is -1.96. The number of fused-ring (bicyclic) bond motifs is 1. The van der Waals surface area contributed by atoms with Gasteiger partial charge in [0.2, 0.25) is 0 Å². The SMILES string of the molecule is Cc1ccc(N2CCCc3ccccc32)cc1N. The molecule has 92 valence electrons. The molecule has 2 nitrogen and oxygen atoms in total. The number of aryl methyl sites for hydroxylation is 2. The van der Waals surface area contributed by atoms with E-state index in [1.54, 1.807) is 0 Å². The third kappa shape index (κ3) is 1.84. The molecule has 0 fully saturated rings.